The largest absolute Gasteiger partial charge is 0.351 e. The zero-order valence-electron chi connectivity index (χ0n) is 23.9. The molecular formula is C30H25F4N5O4S3. The van der Waals surface area contributed by atoms with Crippen LogP contribution in [-0.4, -0.2) is 55.0 Å². The zero-order chi connectivity index (χ0) is 32.3. The number of sulfone groups is 1. The average Bonchev–Trinajstić information content (AvgIpc) is 3.35. The molecule has 0 atom stereocenters. The molecule has 46 heavy (non-hydrogen) atoms. The third-order valence-electron chi connectivity index (χ3n) is 9.36. The molecule has 240 valence electrons. The number of rotatable bonds is 8. The second kappa shape index (κ2) is 9.70. The van der Waals surface area contributed by atoms with Crippen molar-refractivity contribution in [1.82, 2.24) is 15.0 Å². The Bertz CT molecular complexity index is 2120. The van der Waals surface area contributed by atoms with Crippen LogP contribution in [0.1, 0.15) is 37.1 Å². The van der Waals surface area contributed by atoms with E-state index >= 15 is 4.39 Å². The Morgan fingerprint density at radius 2 is 1.61 bits per heavy atom. The van der Waals surface area contributed by atoms with Gasteiger partial charge in [-0.3, -0.25) is 4.72 Å². The van der Waals surface area contributed by atoms with Gasteiger partial charge in [0.1, 0.15) is 22.3 Å². The van der Waals surface area contributed by atoms with Crippen molar-refractivity contribution >= 4 is 42.8 Å². The van der Waals surface area contributed by atoms with Crippen LogP contribution < -0.4 is 10.0 Å². The fourth-order valence-electron chi connectivity index (χ4n) is 7.47. The monoisotopic (exact) mass is 691 g/mol. The second-order valence-corrected chi connectivity index (χ2v) is 17.7. The highest BCUT2D eigenvalue weighted by Gasteiger charge is 2.71. The number of hydrogen-bond acceptors (Lipinski definition) is 9. The predicted molar refractivity (Wildman–Crippen MR) is 163 cm³/mol. The number of alkyl halides is 1. The molecule has 5 fully saturated rings. The first-order valence-electron chi connectivity index (χ1n) is 14.4. The molecule has 2 aromatic heterocycles. The highest BCUT2D eigenvalue weighted by atomic mass is 32.2. The van der Waals surface area contributed by atoms with Crippen molar-refractivity contribution in [3.8, 4) is 21.8 Å². The lowest BCUT2D eigenvalue weighted by molar-refractivity contribution is -0.158. The molecule has 9 rings (SSSR count). The molecule has 1 saturated heterocycles. The third-order valence-corrected chi connectivity index (χ3v) is 14.2. The lowest BCUT2D eigenvalue weighted by Gasteiger charge is -2.64. The van der Waals surface area contributed by atoms with Gasteiger partial charge >= 0.3 is 0 Å². The van der Waals surface area contributed by atoms with Gasteiger partial charge in [0, 0.05) is 28.6 Å². The van der Waals surface area contributed by atoms with Crippen molar-refractivity contribution in [3.05, 3.63) is 71.1 Å². The maximum atomic E-state index is 16.1. The molecule has 0 unspecified atom stereocenters. The zero-order valence-corrected chi connectivity index (χ0v) is 26.3. The minimum atomic E-state index is -4.86. The Morgan fingerprint density at radius 3 is 2.26 bits per heavy atom. The molecule has 1 spiro atoms. The van der Waals surface area contributed by atoms with Crippen molar-refractivity contribution < 1.29 is 34.4 Å². The molecule has 1 aliphatic heterocycles. The fourth-order valence-corrected chi connectivity index (χ4v) is 12.2. The maximum Gasteiger partial charge on any atom is 0.267 e. The highest BCUT2D eigenvalue weighted by molar-refractivity contribution is 7.93. The van der Waals surface area contributed by atoms with E-state index in [-0.39, 0.29) is 34.2 Å². The molecule has 2 N–H and O–H groups in total. The van der Waals surface area contributed by atoms with Crippen LogP contribution in [0.25, 0.3) is 21.8 Å². The molecule has 4 saturated carbocycles. The first-order chi connectivity index (χ1) is 21.7. The summed E-state index contributed by atoms with van der Waals surface area (Å²) in [5.41, 5.74) is -1.96. The van der Waals surface area contributed by atoms with Gasteiger partial charge in [-0.25, -0.2) is 49.3 Å². The van der Waals surface area contributed by atoms with E-state index in [4.69, 9.17) is 4.98 Å². The smallest absolute Gasteiger partial charge is 0.267 e. The first-order valence-corrected chi connectivity index (χ1v) is 18.6. The summed E-state index contributed by atoms with van der Waals surface area (Å²) in [5, 5.41) is 3.85. The topological polar surface area (TPSA) is 131 Å². The van der Waals surface area contributed by atoms with E-state index < -0.39 is 59.0 Å². The molecule has 9 nitrogen and oxygen atoms in total. The summed E-state index contributed by atoms with van der Waals surface area (Å²) in [6.07, 6.45) is 3.79. The highest BCUT2D eigenvalue weighted by Crippen LogP contribution is 2.70. The molecule has 0 amide bonds. The van der Waals surface area contributed by atoms with Crippen molar-refractivity contribution in [2.24, 2.45) is 5.41 Å². The van der Waals surface area contributed by atoms with Crippen molar-refractivity contribution in [3.63, 3.8) is 0 Å². The molecule has 4 aliphatic carbocycles. The van der Waals surface area contributed by atoms with Crippen LogP contribution >= 0.6 is 11.3 Å². The van der Waals surface area contributed by atoms with Crippen LogP contribution in [0.4, 0.5) is 29.2 Å². The lowest BCUT2D eigenvalue weighted by Crippen LogP contribution is -2.67. The van der Waals surface area contributed by atoms with Crippen LogP contribution in [0.2, 0.25) is 0 Å². The number of aromatic nitrogens is 3. The third kappa shape index (κ3) is 4.70. The fraction of sp³-hybridized carbons (Fsp3) is 0.367. The minimum absolute atomic E-state index is 0.00908. The SMILES string of the molecule is O=S1(=O)CC2(CC(Nc3nccc(-c4sc(C56CC(F)(C5)C6)nc4-c4cccc(NS(=O)(=O)c5c(F)cccc5F)c4F)n3)C2)C1. The van der Waals surface area contributed by atoms with Gasteiger partial charge in [0.2, 0.25) is 5.95 Å². The van der Waals surface area contributed by atoms with Gasteiger partial charge in [0.15, 0.2) is 20.5 Å². The van der Waals surface area contributed by atoms with E-state index in [9.17, 15) is 30.0 Å². The van der Waals surface area contributed by atoms with Crippen molar-refractivity contribution in [2.75, 3.05) is 21.5 Å². The van der Waals surface area contributed by atoms with E-state index in [1.54, 1.807) is 6.07 Å². The first kappa shape index (κ1) is 29.8. The van der Waals surface area contributed by atoms with Gasteiger partial charge in [-0.1, -0.05) is 12.1 Å². The lowest BCUT2D eigenvalue weighted by atomic mass is 9.42. The van der Waals surface area contributed by atoms with E-state index in [0.717, 1.165) is 24.3 Å². The number of halogens is 4. The van der Waals surface area contributed by atoms with Gasteiger partial charge in [-0.05, 0) is 62.4 Å². The van der Waals surface area contributed by atoms with Crippen molar-refractivity contribution in [2.45, 2.75) is 54.1 Å². The molecular weight excluding hydrogens is 667 g/mol. The minimum Gasteiger partial charge on any atom is -0.351 e. The summed E-state index contributed by atoms with van der Waals surface area (Å²) in [5.74, 6) is -3.02. The summed E-state index contributed by atoms with van der Waals surface area (Å²) in [4.78, 5) is 12.9. The Kier molecular flexibility index (Phi) is 6.27. The normalized spacial score (nSPS) is 25.6. The van der Waals surface area contributed by atoms with Crippen LogP contribution in [0.5, 0.6) is 0 Å². The Morgan fingerprint density at radius 1 is 0.935 bits per heavy atom. The number of nitrogens with zero attached hydrogens (tertiary/aromatic N) is 3. The van der Waals surface area contributed by atoms with Crippen LogP contribution in [0, 0.1) is 22.9 Å². The number of nitrogens with one attached hydrogen (secondary N) is 2. The van der Waals surface area contributed by atoms with E-state index in [2.05, 4.69) is 15.3 Å². The van der Waals surface area contributed by atoms with Gasteiger partial charge in [0.25, 0.3) is 10.0 Å². The summed E-state index contributed by atoms with van der Waals surface area (Å²) in [6, 6.07) is 8.11. The van der Waals surface area contributed by atoms with Crippen molar-refractivity contribution in [1.29, 1.82) is 0 Å². The van der Waals surface area contributed by atoms with Gasteiger partial charge in [-0.2, -0.15) is 0 Å². The Balaban J connectivity index is 1.13. The molecule has 2 aromatic carbocycles. The predicted octanol–water partition coefficient (Wildman–Crippen LogP) is 5.62. The average molecular weight is 692 g/mol. The van der Waals surface area contributed by atoms with Crippen LogP contribution in [0.3, 0.4) is 0 Å². The van der Waals surface area contributed by atoms with E-state index in [0.29, 0.717) is 53.6 Å². The summed E-state index contributed by atoms with van der Waals surface area (Å²) < 4.78 is 110. The quantitative estimate of drug-likeness (QED) is 0.228. The molecule has 3 heterocycles. The van der Waals surface area contributed by atoms with Crippen LogP contribution in [0.15, 0.2) is 53.6 Å². The Hall–Kier alpha value is -3.63. The molecule has 16 heteroatoms. The standard InChI is InChI=1S/C30H25F4N5O4S3/c31-18-4-2-5-19(32)25(18)46(42,43)39-20-6-1-3-17(22(20)33)23-24(44-26(38-23)29-11-30(34,12-29)13-29)21-7-8-35-27(37-21)36-16-9-28(10-16)14-45(40,41)15-28/h1-8,16,39H,9-15H2,(H,35,36,37). The number of hydrogen-bond donors (Lipinski definition) is 2. The second-order valence-electron chi connectivity index (χ2n) is 13.0. The Labute approximate surface area is 265 Å². The molecule has 4 aromatic rings. The van der Waals surface area contributed by atoms with E-state index in [1.807, 2.05) is 4.72 Å². The molecule has 0 radical (unpaired) electrons. The van der Waals surface area contributed by atoms with E-state index in [1.165, 1.54) is 29.7 Å². The number of anilines is 2. The summed E-state index contributed by atoms with van der Waals surface area (Å²) in [6.45, 7) is 0. The van der Waals surface area contributed by atoms with Gasteiger partial charge < -0.3 is 5.32 Å². The summed E-state index contributed by atoms with van der Waals surface area (Å²) in [7, 11) is -7.81. The van der Waals surface area contributed by atoms with Crippen LogP contribution in [-0.2, 0) is 25.3 Å². The number of thiazole rings is 1. The molecule has 5 aliphatic rings. The van der Waals surface area contributed by atoms with Gasteiger partial charge in [-0.15, -0.1) is 11.3 Å². The van der Waals surface area contributed by atoms with Gasteiger partial charge in [0.05, 0.1) is 33.5 Å². The summed E-state index contributed by atoms with van der Waals surface area (Å²) >= 11 is 1.25. The molecule has 2 bridgehead atoms. The number of sulfonamides is 1. The maximum absolute atomic E-state index is 16.1. The number of benzene rings is 2.